The van der Waals surface area contributed by atoms with Crippen LogP contribution in [0.2, 0.25) is 0 Å². The molecule has 0 aliphatic carbocycles. The largest absolute Gasteiger partial charge is 0.462 e. The molecule has 0 spiro atoms. The molecule has 0 radical (unpaired) electrons. The first-order valence-electron chi connectivity index (χ1n) is 5.00. The lowest BCUT2D eigenvalue weighted by Gasteiger charge is -2.27. The van der Waals surface area contributed by atoms with Gasteiger partial charge in [-0.15, -0.1) is 0 Å². The molecule has 1 rings (SSSR count). The zero-order chi connectivity index (χ0) is 11.4. The van der Waals surface area contributed by atoms with Gasteiger partial charge in [0.25, 0.3) is 5.91 Å². The Balaban J connectivity index is 2.69. The van der Waals surface area contributed by atoms with Crippen molar-refractivity contribution in [2.45, 2.75) is 26.9 Å². The molecule has 0 aromatic carbocycles. The molecule has 5 nitrogen and oxygen atoms in total. The Morgan fingerprint density at radius 3 is 2.73 bits per heavy atom. The highest BCUT2D eigenvalue weighted by Crippen LogP contribution is 2.07. The van der Waals surface area contributed by atoms with Gasteiger partial charge in [-0.1, -0.05) is 13.8 Å². The van der Waals surface area contributed by atoms with Crippen molar-refractivity contribution in [2.24, 2.45) is 5.92 Å². The number of carbonyl (C=O) groups excluding carboxylic acids is 2. The smallest absolute Gasteiger partial charge is 0.345 e. The van der Waals surface area contributed by atoms with E-state index in [0.29, 0.717) is 0 Å². The second-order valence-corrected chi connectivity index (χ2v) is 3.64. The van der Waals surface area contributed by atoms with Crippen molar-refractivity contribution >= 4 is 11.9 Å². The Bertz CT molecular complexity index is 297. The van der Waals surface area contributed by atoms with Gasteiger partial charge in [0.2, 0.25) is 0 Å². The Morgan fingerprint density at radius 1 is 1.60 bits per heavy atom. The molecule has 1 heterocycles. The fourth-order valence-corrected chi connectivity index (χ4v) is 1.22. The van der Waals surface area contributed by atoms with Crippen LogP contribution in [0, 0.1) is 5.92 Å². The van der Waals surface area contributed by atoms with Crippen LogP contribution in [0.5, 0.6) is 0 Å². The lowest BCUT2D eigenvalue weighted by Crippen LogP contribution is -2.52. The number of nitrogens with one attached hydrogen (secondary N) is 2. The maximum atomic E-state index is 11.5. The number of carbonyl (C=O) groups is 2. The molecule has 0 aromatic heterocycles. The Hall–Kier alpha value is -1.52. The summed E-state index contributed by atoms with van der Waals surface area (Å²) in [7, 11) is 0. The molecule has 1 aliphatic heterocycles. The van der Waals surface area contributed by atoms with Crippen LogP contribution in [0.15, 0.2) is 11.8 Å². The van der Waals surface area contributed by atoms with Crippen LogP contribution in [0.1, 0.15) is 20.8 Å². The number of esters is 1. The second-order valence-electron chi connectivity index (χ2n) is 3.64. The van der Waals surface area contributed by atoms with Crippen molar-refractivity contribution in [3.8, 4) is 0 Å². The van der Waals surface area contributed by atoms with Gasteiger partial charge in [-0.3, -0.25) is 4.79 Å². The number of rotatable bonds is 3. The van der Waals surface area contributed by atoms with E-state index in [2.05, 4.69) is 10.6 Å². The molecular formula is C10H16N2O3. The molecule has 0 bridgehead atoms. The van der Waals surface area contributed by atoms with Gasteiger partial charge < -0.3 is 15.4 Å². The molecule has 0 saturated carbocycles. The van der Waals surface area contributed by atoms with Crippen molar-refractivity contribution in [2.75, 3.05) is 6.61 Å². The summed E-state index contributed by atoms with van der Waals surface area (Å²) in [5.41, 5.74) is 0.0220. The summed E-state index contributed by atoms with van der Waals surface area (Å²) in [5, 5.41) is 5.63. The van der Waals surface area contributed by atoms with Crippen molar-refractivity contribution in [1.82, 2.24) is 10.6 Å². The third-order valence-corrected chi connectivity index (χ3v) is 2.10. The highest BCUT2D eigenvalue weighted by atomic mass is 16.5. The van der Waals surface area contributed by atoms with Crippen molar-refractivity contribution in [1.29, 1.82) is 0 Å². The van der Waals surface area contributed by atoms with E-state index in [-0.39, 0.29) is 30.2 Å². The van der Waals surface area contributed by atoms with E-state index < -0.39 is 5.97 Å². The van der Waals surface area contributed by atoms with Crippen LogP contribution in [-0.2, 0) is 14.3 Å². The third kappa shape index (κ3) is 2.71. The zero-order valence-electron chi connectivity index (χ0n) is 9.16. The molecule has 0 aromatic rings. The zero-order valence-corrected chi connectivity index (χ0v) is 9.16. The quantitative estimate of drug-likeness (QED) is 0.515. The van der Waals surface area contributed by atoms with Crippen LogP contribution in [-0.4, -0.2) is 24.6 Å². The summed E-state index contributed by atoms with van der Waals surface area (Å²) < 4.78 is 4.74. The first kappa shape index (κ1) is 11.6. The highest BCUT2D eigenvalue weighted by Gasteiger charge is 2.27. The van der Waals surface area contributed by atoms with Gasteiger partial charge in [0.1, 0.15) is 11.7 Å². The highest BCUT2D eigenvalue weighted by molar-refractivity contribution is 6.16. The number of hydrogen-bond acceptors (Lipinski definition) is 4. The minimum absolute atomic E-state index is 0.0220. The number of amides is 1. The van der Waals surface area contributed by atoms with Gasteiger partial charge in [0.15, 0.2) is 0 Å². The van der Waals surface area contributed by atoms with E-state index in [0.717, 1.165) is 0 Å². The summed E-state index contributed by atoms with van der Waals surface area (Å²) in [4.78, 5) is 22.8. The van der Waals surface area contributed by atoms with E-state index in [1.807, 2.05) is 13.8 Å². The minimum atomic E-state index is -0.593. The molecule has 5 heteroatoms. The van der Waals surface area contributed by atoms with Crippen LogP contribution < -0.4 is 10.6 Å². The minimum Gasteiger partial charge on any atom is -0.462 e. The van der Waals surface area contributed by atoms with Gasteiger partial charge in [0.05, 0.1) is 6.61 Å². The Morgan fingerprint density at radius 2 is 2.27 bits per heavy atom. The average molecular weight is 212 g/mol. The predicted octanol–water partition coefficient (Wildman–Crippen LogP) is 0.135. The summed E-state index contributed by atoms with van der Waals surface area (Å²) in [6, 6.07) is 0. The van der Waals surface area contributed by atoms with Crippen molar-refractivity contribution in [3.05, 3.63) is 11.8 Å². The lowest BCUT2D eigenvalue weighted by molar-refractivity contribution is -0.140. The van der Waals surface area contributed by atoms with Crippen molar-refractivity contribution < 1.29 is 14.3 Å². The Kier molecular flexibility index (Phi) is 3.71. The maximum Gasteiger partial charge on any atom is 0.345 e. The maximum absolute atomic E-state index is 11.5. The Labute approximate surface area is 88.9 Å². The summed E-state index contributed by atoms with van der Waals surface area (Å²) >= 11 is 0. The molecule has 0 fully saturated rings. The van der Waals surface area contributed by atoms with Crippen LogP contribution in [0.25, 0.3) is 0 Å². The topological polar surface area (TPSA) is 67.4 Å². The first-order valence-corrected chi connectivity index (χ1v) is 5.00. The van der Waals surface area contributed by atoms with Gasteiger partial charge in [-0.05, 0) is 12.8 Å². The van der Waals surface area contributed by atoms with E-state index in [1.54, 1.807) is 6.92 Å². The summed E-state index contributed by atoms with van der Waals surface area (Å²) in [5.74, 6) is -0.718. The molecular weight excluding hydrogens is 196 g/mol. The van der Waals surface area contributed by atoms with Gasteiger partial charge in [0, 0.05) is 6.20 Å². The molecule has 1 atom stereocenters. The molecule has 1 aliphatic rings. The molecule has 2 N–H and O–H groups in total. The summed E-state index contributed by atoms with van der Waals surface area (Å²) in [6.07, 6.45) is 1.29. The first-order chi connectivity index (χ1) is 7.06. The van der Waals surface area contributed by atoms with Gasteiger partial charge in [-0.25, -0.2) is 4.79 Å². The van der Waals surface area contributed by atoms with E-state index in [9.17, 15) is 9.59 Å². The second kappa shape index (κ2) is 4.82. The fraction of sp³-hybridized carbons (Fsp3) is 0.600. The van der Waals surface area contributed by atoms with Crippen LogP contribution >= 0.6 is 0 Å². The average Bonchev–Trinajstić information content (AvgIpc) is 2.17. The standard InChI is InChI=1S/C10H16N2O3/c1-4-15-10(14)7-5-11-8(6(2)3)12-9(7)13/h5-6,8,11H,4H2,1-3H3,(H,12,13). The van der Waals surface area contributed by atoms with E-state index in [4.69, 9.17) is 4.74 Å². The molecule has 84 valence electrons. The predicted molar refractivity (Wildman–Crippen MR) is 54.6 cm³/mol. The number of hydrogen-bond donors (Lipinski definition) is 2. The van der Waals surface area contributed by atoms with Crippen LogP contribution in [0.4, 0.5) is 0 Å². The third-order valence-electron chi connectivity index (χ3n) is 2.10. The number of ether oxygens (including phenoxy) is 1. The molecule has 1 amide bonds. The lowest BCUT2D eigenvalue weighted by atomic mass is 10.1. The normalized spacial score (nSPS) is 20.4. The monoisotopic (exact) mass is 212 g/mol. The van der Waals surface area contributed by atoms with E-state index in [1.165, 1.54) is 6.20 Å². The van der Waals surface area contributed by atoms with Gasteiger partial charge in [-0.2, -0.15) is 0 Å². The fourth-order valence-electron chi connectivity index (χ4n) is 1.22. The summed E-state index contributed by atoms with van der Waals surface area (Å²) in [6.45, 7) is 5.91. The van der Waals surface area contributed by atoms with E-state index >= 15 is 0 Å². The molecule has 0 saturated heterocycles. The SMILES string of the molecule is CCOC(=O)C1=CNC(C(C)C)NC1=O. The van der Waals surface area contributed by atoms with Gasteiger partial charge >= 0.3 is 5.97 Å². The molecule has 1 unspecified atom stereocenters. The van der Waals surface area contributed by atoms with Crippen molar-refractivity contribution in [3.63, 3.8) is 0 Å². The van der Waals surface area contributed by atoms with Crippen LogP contribution in [0.3, 0.4) is 0 Å². The molecule has 15 heavy (non-hydrogen) atoms.